The Morgan fingerprint density at radius 3 is 2.87 bits per heavy atom. The Balaban J connectivity index is 1.65. The van der Waals surface area contributed by atoms with Crippen LogP contribution in [0, 0.1) is 10.1 Å². The quantitative estimate of drug-likeness (QED) is 0.632. The van der Waals surface area contributed by atoms with Gasteiger partial charge in [-0.3, -0.25) is 4.79 Å². The fraction of sp³-hybridized carbons (Fsp3) is 0.429. The lowest BCUT2D eigenvalue weighted by molar-refractivity contribution is -0.390. The monoisotopic (exact) mass is 382 g/mol. The van der Waals surface area contributed by atoms with Crippen molar-refractivity contribution in [3.05, 3.63) is 44.4 Å². The van der Waals surface area contributed by atoms with Gasteiger partial charge in [-0.25, -0.2) is 0 Å². The zero-order valence-electron chi connectivity index (χ0n) is 12.2. The van der Waals surface area contributed by atoms with Crippen LogP contribution in [0.2, 0.25) is 0 Å². The van der Waals surface area contributed by atoms with E-state index in [1.54, 1.807) is 12.1 Å². The van der Waals surface area contributed by atoms with Crippen molar-refractivity contribution < 1.29 is 14.1 Å². The average Bonchev–Trinajstić information content (AvgIpc) is 3.20. The van der Waals surface area contributed by atoms with Crippen molar-refractivity contribution in [2.75, 3.05) is 0 Å². The molecule has 122 valence electrons. The van der Waals surface area contributed by atoms with Crippen LogP contribution in [0.3, 0.4) is 0 Å². The molecule has 8 nitrogen and oxygen atoms in total. The molecular weight excluding hydrogens is 368 g/mol. The van der Waals surface area contributed by atoms with Crippen LogP contribution in [0.15, 0.2) is 27.2 Å². The Bertz CT molecular complexity index is 733. The summed E-state index contributed by atoms with van der Waals surface area (Å²) in [5.41, 5.74) is 0. The number of rotatable bonds is 5. The van der Waals surface area contributed by atoms with E-state index in [0.29, 0.717) is 10.2 Å². The second-order valence-electron chi connectivity index (χ2n) is 5.48. The van der Waals surface area contributed by atoms with Crippen LogP contribution in [0.4, 0.5) is 5.82 Å². The molecule has 2 aromatic rings. The average molecular weight is 383 g/mol. The van der Waals surface area contributed by atoms with Crippen molar-refractivity contribution >= 4 is 27.7 Å². The van der Waals surface area contributed by atoms with Crippen LogP contribution < -0.4 is 5.32 Å². The van der Waals surface area contributed by atoms with Gasteiger partial charge in [0, 0.05) is 6.04 Å². The first-order chi connectivity index (χ1) is 11.0. The summed E-state index contributed by atoms with van der Waals surface area (Å²) < 4.78 is 7.20. The normalized spacial score (nSPS) is 15.0. The number of amides is 1. The number of carbonyl (C=O) groups is 1. The van der Waals surface area contributed by atoms with Crippen molar-refractivity contribution in [1.82, 2.24) is 15.1 Å². The van der Waals surface area contributed by atoms with E-state index >= 15 is 0 Å². The number of nitrogens with one attached hydrogen (secondary N) is 1. The molecule has 0 spiro atoms. The summed E-state index contributed by atoms with van der Waals surface area (Å²) >= 11 is 3.09. The molecule has 3 rings (SSSR count). The van der Waals surface area contributed by atoms with E-state index in [-0.39, 0.29) is 30.1 Å². The smallest absolute Gasteiger partial charge is 0.404 e. The van der Waals surface area contributed by atoms with Gasteiger partial charge in [-0.2, -0.15) is 4.68 Å². The van der Waals surface area contributed by atoms with E-state index in [4.69, 9.17) is 4.42 Å². The highest BCUT2D eigenvalue weighted by Gasteiger charge is 2.21. The van der Waals surface area contributed by atoms with Gasteiger partial charge in [-0.05, 0) is 45.8 Å². The molecule has 2 aromatic heterocycles. The molecule has 0 aliphatic heterocycles. The van der Waals surface area contributed by atoms with E-state index in [9.17, 15) is 14.9 Å². The van der Waals surface area contributed by atoms with Crippen LogP contribution in [-0.2, 0) is 6.54 Å². The third-order valence-electron chi connectivity index (χ3n) is 3.77. The molecule has 1 saturated carbocycles. The van der Waals surface area contributed by atoms with E-state index < -0.39 is 4.92 Å². The highest BCUT2D eigenvalue weighted by atomic mass is 79.9. The summed E-state index contributed by atoms with van der Waals surface area (Å²) in [6, 6.07) is 3.50. The number of nitro groups is 1. The van der Waals surface area contributed by atoms with Crippen LogP contribution in [0.5, 0.6) is 0 Å². The van der Waals surface area contributed by atoms with Crippen LogP contribution in [-0.4, -0.2) is 26.7 Å². The maximum atomic E-state index is 12.1. The third-order valence-corrected chi connectivity index (χ3v) is 4.33. The molecule has 2 heterocycles. The Kier molecular flexibility index (Phi) is 4.46. The van der Waals surface area contributed by atoms with E-state index in [1.807, 2.05) is 0 Å². The largest absolute Gasteiger partial charge is 0.454 e. The summed E-state index contributed by atoms with van der Waals surface area (Å²) in [4.78, 5) is 22.3. The standard InChI is InChI=1S/C14H15BrN4O4/c15-11-8-18(17-13(11)19(21)22)7-10-5-6-12(23-10)14(20)16-9-3-1-2-4-9/h5-6,8-9H,1-4,7H2,(H,16,20). The Hall–Kier alpha value is -2.16. The van der Waals surface area contributed by atoms with Gasteiger partial charge < -0.3 is 19.8 Å². The van der Waals surface area contributed by atoms with Gasteiger partial charge in [0.25, 0.3) is 5.91 Å². The van der Waals surface area contributed by atoms with Gasteiger partial charge in [0.05, 0.1) is 11.3 Å². The summed E-state index contributed by atoms with van der Waals surface area (Å²) in [5, 5.41) is 17.6. The topological polar surface area (TPSA) is 103 Å². The van der Waals surface area contributed by atoms with Crippen molar-refractivity contribution in [1.29, 1.82) is 0 Å². The van der Waals surface area contributed by atoms with Gasteiger partial charge in [0.1, 0.15) is 16.8 Å². The summed E-state index contributed by atoms with van der Waals surface area (Å²) in [6.07, 6.45) is 5.79. The molecule has 0 aromatic carbocycles. The van der Waals surface area contributed by atoms with Gasteiger partial charge >= 0.3 is 5.82 Å². The first-order valence-corrected chi connectivity index (χ1v) is 8.09. The maximum absolute atomic E-state index is 12.1. The van der Waals surface area contributed by atoms with Gasteiger partial charge in [-0.15, -0.1) is 0 Å². The van der Waals surface area contributed by atoms with E-state index in [0.717, 1.165) is 25.7 Å². The zero-order valence-corrected chi connectivity index (χ0v) is 13.8. The van der Waals surface area contributed by atoms with Crippen molar-refractivity contribution in [2.24, 2.45) is 0 Å². The first-order valence-electron chi connectivity index (χ1n) is 7.30. The van der Waals surface area contributed by atoms with E-state index in [2.05, 4.69) is 26.3 Å². The van der Waals surface area contributed by atoms with Crippen molar-refractivity contribution in [2.45, 2.75) is 38.3 Å². The molecule has 1 fully saturated rings. The predicted octanol–water partition coefficient (Wildman–Crippen LogP) is 2.87. The predicted molar refractivity (Wildman–Crippen MR) is 84.1 cm³/mol. The lowest BCUT2D eigenvalue weighted by Gasteiger charge is -2.09. The molecule has 0 radical (unpaired) electrons. The lowest BCUT2D eigenvalue weighted by Crippen LogP contribution is -2.32. The van der Waals surface area contributed by atoms with Gasteiger partial charge in [0.2, 0.25) is 0 Å². The summed E-state index contributed by atoms with van der Waals surface area (Å²) in [7, 11) is 0. The van der Waals surface area contributed by atoms with Crippen molar-refractivity contribution in [3.8, 4) is 0 Å². The highest BCUT2D eigenvalue weighted by molar-refractivity contribution is 9.10. The summed E-state index contributed by atoms with van der Waals surface area (Å²) in [6.45, 7) is 0.211. The lowest BCUT2D eigenvalue weighted by atomic mass is 10.2. The summed E-state index contributed by atoms with van der Waals surface area (Å²) in [5.74, 6) is 0.269. The Morgan fingerprint density at radius 1 is 1.48 bits per heavy atom. The number of nitrogens with zero attached hydrogens (tertiary/aromatic N) is 3. The number of aromatic nitrogens is 2. The fourth-order valence-electron chi connectivity index (χ4n) is 2.66. The molecule has 23 heavy (non-hydrogen) atoms. The molecule has 0 atom stereocenters. The maximum Gasteiger partial charge on any atom is 0.404 e. The molecule has 1 aliphatic rings. The molecular formula is C14H15BrN4O4. The minimum Gasteiger partial charge on any atom is -0.454 e. The first kappa shape index (κ1) is 15.7. The Labute approximate surface area is 140 Å². The SMILES string of the molecule is O=C(NC1CCCC1)c1ccc(Cn2cc(Br)c([N+](=O)[O-])n2)o1. The van der Waals surface area contributed by atoms with Crippen LogP contribution >= 0.6 is 15.9 Å². The van der Waals surface area contributed by atoms with Gasteiger partial charge in [-0.1, -0.05) is 12.8 Å². The molecule has 0 bridgehead atoms. The van der Waals surface area contributed by atoms with Crippen molar-refractivity contribution in [3.63, 3.8) is 0 Å². The molecule has 1 amide bonds. The number of carbonyl (C=O) groups excluding carboxylic acids is 1. The molecule has 1 aliphatic carbocycles. The minimum atomic E-state index is -0.566. The van der Waals surface area contributed by atoms with Crippen LogP contribution in [0.1, 0.15) is 42.0 Å². The number of hydrogen-bond acceptors (Lipinski definition) is 5. The minimum absolute atomic E-state index is 0.211. The second kappa shape index (κ2) is 6.53. The fourth-order valence-corrected chi connectivity index (χ4v) is 3.12. The molecule has 9 heteroatoms. The molecule has 1 N–H and O–H groups in total. The van der Waals surface area contributed by atoms with Gasteiger partial charge in [0.15, 0.2) is 5.76 Å². The zero-order chi connectivity index (χ0) is 16.4. The van der Waals surface area contributed by atoms with Crippen LogP contribution in [0.25, 0.3) is 0 Å². The van der Waals surface area contributed by atoms with E-state index in [1.165, 1.54) is 10.9 Å². The molecule has 0 unspecified atom stereocenters. The third kappa shape index (κ3) is 3.61. The number of furan rings is 1. The Morgan fingerprint density at radius 2 is 2.22 bits per heavy atom. The second-order valence-corrected chi connectivity index (χ2v) is 6.33. The highest BCUT2D eigenvalue weighted by Crippen LogP contribution is 2.23. The molecule has 0 saturated heterocycles. The number of hydrogen-bond donors (Lipinski definition) is 1. The number of halogens is 1.